The summed E-state index contributed by atoms with van der Waals surface area (Å²) in [5, 5.41) is 11.1. The second-order valence-electron chi connectivity index (χ2n) is 5.11. The van der Waals surface area contributed by atoms with Gasteiger partial charge >= 0.3 is 17.9 Å². The van der Waals surface area contributed by atoms with Crippen molar-refractivity contribution in [2.45, 2.75) is 20.5 Å². The molecule has 0 aliphatic heterocycles. The van der Waals surface area contributed by atoms with Gasteiger partial charge in [0.05, 0.1) is 18.8 Å². The monoisotopic (exact) mass is 394 g/mol. The summed E-state index contributed by atoms with van der Waals surface area (Å²) < 4.78 is 15.6. The number of pyridine rings is 1. The molecule has 0 aliphatic rings. The van der Waals surface area contributed by atoms with Crippen molar-refractivity contribution in [2.24, 2.45) is 0 Å². The van der Waals surface area contributed by atoms with Crippen molar-refractivity contribution in [3.63, 3.8) is 0 Å². The van der Waals surface area contributed by atoms with E-state index in [9.17, 15) is 19.6 Å². The average Bonchev–Trinajstić information content (AvgIpc) is 2.97. The number of thiophene rings is 1. The number of nitrogen functional groups attached to an aromatic ring is 1. The molecule has 2 aromatic heterocycles. The molecule has 0 unspecified atom stereocenters. The summed E-state index contributed by atoms with van der Waals surface area (Å²) >= 11 is 0.859. The van der Waals surface area contributed by atoms with Gasteiger partial charge in [-0.05, 0) is 13.8 Å². The molecule has 0 aliphatic carbocycles. The van der Waals surface area contributed by atoms with Gasteiger partial charge in [-0.25, -0.2) is 14.4 Å². The minimum Gasteiger partial charge on any atom is -0.619 e. The van der Waals surface area contributed by atoms with Gasteiger partial charge < -0.3 is 25.2 Å². The summed E-state index contributed by atoms with van der Waals surface area (Å²) in [5.41, 5.74) is 6.11. The van der Waals surface area contributed by atoms with E-state index in [0.717, 1.165) is 23.7 Å². The van der Waals surface area contributed by atoms with E-state index < -0.39 is 17.9 Å². The third kappa shape index (κ3) is 4.73. The first kappa shape index (κ1) is 20.2. The zero-order valence-electron chi connectivity index (χ0n) is 14.7. The van der Waals surface area contributed by atoms with Crippen molar-refractivity contribution in [1.29, 1.82) is 0 Å². The van der Waals surface area contributed by atoms with Gasteiger partial charge in [-0.1, -0.05) is 0 Å². The van der Waals surface area contributed by atoms with Gasteiger partial charge in [-0.3, -0.25) is 0 Å². The fraction of sp³-hybridized carbons (Fsp3) is 0.294. The fourth-order valence-corrected chi connectivity index (χ4v) is 3.14. The van der Waals surface area contributed by atoms with E-state index in [1.807, 2.05) is 0 Å². The van der Waals surface area contributed by atoms with Gasteiger partial charge in [-0.2, -0.15) is 4.73 Å². The van der Waals surface area contributed by atoms with E-state index in [0.29, 0.717) is 4.73 Å². The average molecular weight is 394 g/mol. The van der Waals surface area contributed by atoms with E-state index in [4.69, 9.17) is 19.9 Å². The molecular weight excluding hydrogens is 376 g/mol. The summed E-state index contributed by atoms with van der Waals surface area (Å²) in [7, 11) is 0. The maximum atomic E-state index is 12.2. The second-order valence-corrected chi connectivity index (χ2v) is 6.16. The SMILES string of the molecule is CCOC(=O)c1sc(N)c(C(=O)OCC)c1COC(=O)c1cc[n+]([O-])cc1. The largest absolute Gasteiger partial charge is 0.619 e. The lowest BCUT2D eigenvalue weighted by Gasteiger charge is -2.09. The van der Waals surface area contributed by atoms with Gasteiger partial charge in [-0.15, -0.1) is 11.3 Å². The quantitative estimate of drug-likeness (QED) is 0.325. The highest BCUT2D eigenvalue weighted by atomic mass is 32.1. The molecule has 0 atom stereocenters. The second kappa shape index (κ2) is 8.99. The number of nitrogens with zero attached hydrogens (tertiary/aromatic N) is 1. The van der Waals surface area contributed by atoms with Crippen LogP contribution in [0.4, 0.5) is 5.00 Å². The third-order valence-electron chi connectivity index (χ3n) is 3.36. The van der Waals surface area contributed by atoms with Gasteiger partial charge in [0.2, 0.25) is 0 Å². The molecule has 27 heavy (non-hydrogen) atoms. The number of ether oxygens (including phenoxy) is 3. The number of esters is 3. The fourth-order valence-electron chi connectivity index (χ4n) is 2.18. The van der Waals surface area contributed by atoms with E-state index in [1.165, 1.54) is 12.1 Å². The van der Waals surface area contributed by atoms with E-state index >= 15 is 0 Å². The Morgan fingerprint density at radius 3 is 2.22 bits per heavy atom. The molecule has 0 saturated carbocycles. The van der Waals surface area contributed by atoms with Crippen LogP contribution < -0.4 is 10.5 Å². The lowest BCUT2D eigenvalue weighted by molar-refractivity contribution is -0.605. The van der Waals surface area contributed by atoms with Crippen LogP contribution in [0, 0.1) is 5.21 Å². The molecule has 0 radical (unpaired) electrons. The van der Waals surface area contributed by atoms with Crippen molar-refractivity contribution in [1.82, 2.24) is 0 Å². The van der Waals surface area contributed by atoms with Crippen molar-refractivity contribution in [2.75, 3.05) is 18.9 Å². The van der Waals surface area contributed by atoms with Crippen LogP contribution in [0.15, 0.2) is 24.5 Å². The van der Waals surface area contributed by atoms with Crippen molar-refractivity contribution >= 4 is 34.2 Å². The molecule has 0 amide bonds. The Morgan fingerprint density at radius 2 is 1.63 bits per heavy atom. The summed E-state index contributed by atoms with van der Waals surface area (Å²) in [6, 6.07) is 2.58. The van der Waals surface area contributed by atoms with Gasteiger partial charge in [0.25, 0.3) is 0 Å². The molecule has 0 saturated heterocycles. The Morgan fingerprint density at radius 1 is 1.04 bits per heavy atom. The molecule has 144 valence electrons. The van der Waals surface area contributed by atoms with Crippen LogP contribution in [-0.4, -0.2) is 31.1 Å². The minimum atomic E-state index is -0.731. The predicted octanol–water partition coefficient (Wildman–Crippen LogP) is 1.67. The molecular formula is C17H18N2O7S. The highest BCUT2D eigenvalue weighted by molar-refractivity contribution is 7.18. The normalized spacial score (nSPS) is 10.3. The number of nitrogens with two attached hydrogens (primary N) is 1. The molecule has 0 spiro atoms. The number of carbonyl (C=O) groups is 3. The Hall–Kier alpha value is -3.14. The van der Waals surface area contributed by atoms with Crippen LogP contribution in [0.2, 0.25) is 0 Å². The number of hydrogen-bond acceptors (Lipinski definition) is 9. The summed E-state index contributed by atoms with van der Waals surface area (Å²) in [4.78, 5) is 36.6. The van der Waals surface area contributed by atoms with E-state index in [-0.39, 0.29) is 46.4 Å². The Kier molecular flexibility index (Phi) is 6.72. The molecule has 0 fully saturated rings. The van der Waals surface area contributed by atoms with Crippen LogP contribution >= 0.6 is 11.3 Å². The zero-order chi connectivity index (χ0) is 20.0. The molecule has 2 rings (SSSR count). The van der Waals surface area contributed by atoms with Gasteiger partial charge in [0, 0.05) is 17.7 Å². The Labute approximate surface area is 158 Å². The predicted molar refractivity (Wildman–Crippen MR) is 95.2 cm³/mol. The van der Waals surface area contributed by atoms with Crippen LogP contribution in [0.25, 0.3) is 0 Å². The Bertz CT molecular complexity index is 846. The maximum absolute atomic E-state index is 12.2. The smallest absolute Gasteiger partial charge is 0.348 e. The molecule has 10 heteroatoms. The highest BCUT2D eigenvalue weighted by Crippen LogP contribution is 2.33. The topological polar surface area (TPSA) is 132 Å². The van der Waals surface area contributed by atoms with Crippen LogP contribution in [-0.2, 0) is 20.8 Å². The number of hydrogen-bond donors (Lipinski definition) is 1. The lowest BCUT2D eigenvalue weighted by atomic mass is 10.1. The Balaban J connectivity index is 2.31. The van der Waals surface area contributed by atoms with Crippen LogP contribution in [0.3, 0.4) is 0 Å². The van der Waals surface area contributed by atoms with Gasteiger partial charge in [0.1, 0.15) is 22.0 Å². The summed E-state index contributed by atoms with van der Waals surface area (Å²) in [5.74, 6) is -2.13. The molecule has 2 N–H and O–H groups in total. The maximum Gasteiger partial charge on any atom is 0.348 e. The van der Waals surface area contributed by atoms with Crippen molar-refractivity contribution in [3.8, 4) is 0 Å². The number of rotatable bonds is 7. The first-order chi connectivity index (χ1) is 12.9. The summed E-state index contributed by atoms with van der Waals surface area (Å²) in [6.07, 6.45) is 2.29. The van der Waals surface area contributed by atoms with Gasteiger partial charge in [0.15, 0.2) is 12.4 Å². The first-order valence-electron chi connectivity index (χ1n) is 8.00. The molecule has 0 aromatic carbocycles. The number of aromatic nitrogens is 1. The van der Waals surface area contributed by atoms with Crippen LogP contribution in [0.5, 0.6) is 0 Å². The van der Waals surface area contributed by atoms with Crippen molar-refractivity contribution in [3.05, 3.63) is 51.3 Å². The lowest BCUT2D eigenvalue weighted by Crippen LogP contribution is -2.24. The third-order valence-corrected chi connectivity index (χ3v) is 4.40. The van der Waals surface area contributed by atoms with Crippen LogP contribution in [0.1, 0.15) is 49.8 Å². The highest BCUT2D eigenvalue weighted by Gasteiger charge is 2.28. The molecule has 0 bridgehead atoms. The first-order valence-corrected chi connectivity index (χ1v) is 8.81. The molecule has 9 nitrogen and oxygen atoms in total. The van der Waals surface area contributed by atoms with E-state index in [2.05, 4.69) is 0 Å². The zero-order valence-corrected chi connectivity index (χ0v) is 15.5. The minimum absolute atomic E-state index is 0.0248. The molecule has 2 aromatic rings. The van der Waals surface area contributed by atoms with Crippen molar-refractivity contribution < 1.29 is 33.3 Å². The number of anilines is 1. The van der Waals surface area contributed by atoms with E-state index in [1.54, 1.807) is 13.8 Å². The summed E-state index contributed by atoms with van der Waals surface area (Å²) in [6.45, 7) is 3.12. The standard InChI is InChI=1S/C17H18N2O7S/c1-3-24-16(21)12-11(13(27-14(12)18)17(22)25-4-2)9-26-15(20)10-5-7-19(23)8-6-10/h5-8H,3-4,9,18H2,1-2H3. The number of carbonyl (C=O) groups excluding carboxylic acids is 3. The molecule has 2 heterocycles.